The summed E-state index contributed by atoms with van der Waals surface area (Å²) in [5, 5.41) is 0. The van der Waals surface area contributed by atoms with Gasteiger partial charge in [-0.1, -0.05) is 12.1 Å². The van der Waals surface area contributed by atoms with Crippen molar-refractivity contribution >= 4 is 12.4 Å². The quantitative estimate of drug-likeness (QED) is 0.835. The van der Waals surface area contributed by atoms with Gasteiger partial charge in [0, 0.05) is 11.6 Å². The minimum atomic E-state index is -0.774. The van der Waals surface area contributed by atoms with Crippen LogP contribution in [-0.2, 0) is 0 Å². The summed E-state index contributed by atoms with van der Waals surface area (Å²) in [5.41, 5.74) is 6.46. The fourth-order valence-corrected chi connectivity index (χ4v) is 1.63. The van der Waals surface area contributed by atoms with Gasteiger partial charge in [-0.2, -0.15) is 0 Å². The van der Waals surface area contributed by atoms with Crippen LogP contribution in [0.1, 0.15) is 30.0 Å². The van der Waals surface area contributed by atoms with Crippen LogP contribution in [0.5, 0.6) is 0 Å². The van der Waals surface area contributed by atoms with Crippen LogP contribution >= 0.6 is 12.4 Å². The molecule has 4 heteroatoms. The molecule has 1 aliphatic rings. The number of halogens is 3. The average molecular weight is 234 g/mol. The monoisotopic (exact) mass is 233 g/mol. The number of hydrogen-bond acceptors (Lipinski definition) is 1. The summed E-state index contributed by atoms with van der Waals surface area (Å²) in [6, 6.07) is 2.83. The second-order valence-corrected chi connectivity index (χ2v) is 3.96. The van der Waals surface area contributed by atoms with Gasteiger partial charge >= 0.3 is 0 Å². The van der Waals surface area contributed by atoms with Crippen molar-refractivity contribution in [2.45, 2.75) is 25.8 Å². The van der Waals surface area contributed by atoms with Crippen LogP contribution in [0.4, 0.5) is 8.78 Å². The second kappa shape index (κ2) is 4.45. The van der Waals surface area contributed by atoms with E-state index in [0.717, 1.165) is 12.8 Å². The third-order valence-electron chi connectivity index (χ3n) is 2.79. The molecule has 0 bridgehead atoms. The van der Waals surface area contributed by atoms with Gasteiger partial charge in [-0.3, -0.25) is 0 Å². The van der Waals surface area contributed by atoms with Crippen LogP contribution < -0.4 is 5.73 Å². The molecule has 2 N–H and O–H groups in total. The Bertz CT molecular complexity index is 364. The zero-order chi connectivity index (χ0) is 10.3. The maximum Gasteiger partial charge on any atom is 0.163 e. The smallest absolute Gasteiger partial charge is 0.163 e. The fourth-order valence-electron chi connectivity index (χ4n) is 1.63. The molecule has 0 heterocycles. The SMILES string of the molecule is Cc1ccc([C@@H](N)C2CC2)c(F)c1F.Cl. The maximum atomic E-state index is 13.4. The Morgan fingerprint density at radius 1 is 1.27 bits per heavy atom. The first-order chi connectivity index (χ1) is 6.61. The highest BCUT2D eigenvalue weighted by molar-refractivity contribution is 5.85. The summed E-state index contributed by atoms with van der Waals surface area (Å²) in [7, 11) is 0. The van der Waals surface area contributed by atoms with Crippen molar-refractivity contribution < 1.29 is 8.78 Å². The van der Waals surface area contributed by atoms with E-state index in [1.807, 2.05) is 0 Å². The topological polar surface area (TPSA) is 26.0 Å². The Kier molecular flexibility index (Phi) is 3.68. The molecule has 1 nitrogen and oxygen atoms in total. The van der Waals surface area contributed by atoms with Gasteiger partial charge in [0.15, 0.2) is 11.6 Å². The molecule has 1 fully saturated rings. The Morgan fingerprint density at radius 3 is 2.40 bits per heavy atom. The lowest BCUT2D eigenvalue weighted by Crippen LogP contribution is -2.15. The Morgan fingerprint density at radius 2 is 1.87 bits per heavy atom. The summed E-state index contributed by atoms with van der Waals surface area (Å²) in [6.07, 6.45) is 2.05. The summed E-state index contributed by atoms with van der Waals surface area (Å²) in [4.78, 5) is 0. The van der Waals surface area contributed by atoms with Gasteiger partial charge in [-0.15, -0.1) is 12.4 Å². The zero-order valence-corrected chi connectivity index (χ0v) is 9.28. The van der Waals surface area contributed by atoms with E-state index in [-0.39, 0.29) is 18.4 Å². The average Bonchev–Trinajstić information content (AvgIpc) is 2.97. The molecular weight excluding hydrogens is 220 g/mol. The number of hydrogen-bond donors (Lipinski definition) is 1. The molecule has 15 heavy (non-hydrogen) atoms. The lowest BCUT2D eigenvalue weighted by atomic mass is 10.0. The standard InChI is InChI=1S/C11H13F2N.ClH/c1-6-2-5-8(10(13)9(6)12)11(14)7-3-4-7;/h2,5,7,11H,3-4,14H2,1H3;1H/t11-;/m0./s1. The van der Waals surface area contributed by atoms with E-state index < -0.39 is 11.6 Å². The number of nitrogens with two attached hydrogens (primary N) is 1. The van der Waals surface area contributed by atoms with Crippen molar-refractivity contribution in [2.75, 3.05) is 0 Å². The molecule has 84 valence electrons. The highest BCUT2D eigenvalue weighted by Crippen LogP contribution is 2.40. The molecule has 0 aliphatic heterocycles. The summed E-state index contributed by atoms with van der Waals surface area (Å²) in [5.74, 6) is -1.20. The van der Waals surface area contributed by atoms with Crippen LogP contribution in [0, 0.1) is 24.5 Å². The van der Waals surface area contributed by atoms with Gasteiger partial charge in [0.1, 0.15) is 0 Å². The van der Waals surface area contributed by atoms with Crippen LogP contribution in [0.25, 0.3) is 0 Å². The lowest BCUT2D eigenvalue weighted by Gasteiger charge is -2.12. The molecule has 1 aromatic carbocycles. The Balaban J connectivity index is 0.00000112. The first kappa shape index (κ1) is 12.4. The summed E-state index contributed by atoms with van der Waals surface area (Å²) in [6.45, 7) is 1.55. The van der Waals surface area contributed by atoms with Gasteiger partial charge in [0.05, 0.1) is 0 Å². The molecular formula is C11H14ClF2N. The van der Waals surface area contributed by atoms with E-state index >= 15 is 0 Å². The van der Waals surface area contributed by atoms with E-state index in [0.29, 0.717) is 17.0 Å². The third-order valence-corrected chi connectivity index (χ3v) is 2.79. The first-order valence-electron chi connectivity index (χ1n) is 4.81. The second-order valence-electron chi connectivity index (χ2n) is 3.96. The van der Waals surface area contributed by atoms with Gasteiger partial charge in [-0.25, -0.2) is 8.78 Å². The number of benzene rings is 1. The summed E-state index contributed by atoms with van der Waals surface area (Å²) < 4.78 is 26.7. The van der Waals surface area contributed by atoms with Crippen LogP contribution in [0.2, 0.25) is 0 Å². The molecule has 1 saturated carbocycles. The van der Waals surface area contributed by atoms with E-state index in [4.69, 9.17) is 5.73 Å². The predicted octanol–water partition coefficient (Wildman–Crippen LogP) is 3.10. The van der Waals surface area contributed by atoms with Crippen molar-refractivity contribution in [3.63, 3.8) is 0 Å². The van der Waals surface area contributed by atoms with Crippen LogP contribution in [0.15, 0.2) is 12.1 Å². The normalized spacial score (nSPS) is 17.1. The largest absolute Gasteiger partial charge is 0.324 e. The molecule has 0 radical (unpaired) electrons. The van der Waals surface area contributed by atoms with Crippen LogP contribution in [-0.4, -0.2) is 0 Å². The van der Waals surface area contributed by atoms with Crippen molar-refractivity contribution in [3.8, 4) is 0 Å². The molecule has 0 amide bonds. The summed E-state index contributed by atoms with van der Waals surface area (Å²) >= 11 is 0. The van der Waals surface area contributed by atoms with Crippen LogP contribution in [0.3, 0.4) is 0 Å². The van der Waals surface area contributed by atoms with Gasteiger partial charge in [-0.05, 0) is 31.2 Å². The molecule has 1 aromatic rings. The van der Waals surface area contributed by atoms with E-state index in [2.05, 4.69) is 0 Å². The first-order valence-corrected chi connectivity index (χ1v) is 4.81. The van der Waals surface area contributed by atoms with Crippen molar-refractivity contribution in [2.24, 2.45) is 11.7 Å². The maximum absolute atomic E-state index is 13.4. The predicted molar refractivity (Wildman–Crippen MR) is 58.0 cm³/mol. The van der Waals surface area contributed by atoms with Gasteiger partial charge in [0.2, 0.25) is 0 Å². The Hall–Kier alpha value is -0.670. The minimum absolute atomic E-state index is 0. The minimum Gasteiger partial charge on any atom is -0.324 e. The van der Waals surface area contributed by atoms with Crippen molar-refractivity contribution in [1.82, 2.24) is 0 Å². The molecule has 1 aliphatic carbocycles. The fraction of sp³-hybridized carbons (Fsp3) is 0.455. The molecule has 0 spiro atoms. The van der Waals surface area contributed by atoms with E-state index in [1.54, 1.807) is 19.1 Å². The highest BCUT2D eigenvalue weighted by atomic mass is 35.5. The van der Waals surface area contributed by atoms with Gasteiger partial charge < -0.3 is 5.73 Å². The highest BCUT2D eigenvalue weighted by Gasteiger charge is 2.31. The molecule has 0 saturated heterocycles. The zero-order valence-electron chi connectivity index (χ0n) is 8.47. The molecule has 0 unspecified atom stereocenters. The van der Waals surface area contributed by atoms with E-state index in [9.17, 15) is 8.78 Å². The van der Waals surface area contributed by atoms with Crippen molar-refractivity contribution in [3.05, 3.63) is 34.9 Å². The van der Waals surface area contributed by atoms with E-state index in [1.165, 1.54) is 0 Å². The lowest BCUT2D eigenvalue weighted by molar-refractivity contribution is 0.475. The third kappa shape index (κ3) is 2.29. The molecule has 1 atom stereocenters. The number of rotatable bonds is 2. The molecule has 2 rings (SSSR count). The van der Waals surface area contributed by atoms with Gasteiger partial charge in [0.25, 0.3) is 0 Å². The number of aryl methyl sites for hydroxylation is 1. The molecule has 0 aromatic heterocycles. The Labute approximate surface area is 94.1 Å². The van der Waals surface area contributed by atoms with Crippen molar-refractivity contribution in [1.29, 1.82) is 0 Å².